The van der Waals surface area contributed by atoms with E-state index in [4.69, 9.17) is 5.26 Å². The average Bonchev–Trinajstić information content (AvgIpc) is 2.43. The molecule has 1 N–H and O–H groups in total. The van der Waals surface area contributed by atoms with E-state index in [1.807, 2.05) is 6.07 Å². The molecule has 1 aliphatic rings. The monoisotopic (exact) mass is 291 g/mol. The summed E-state index contributed by atoms with van der Waals surface area (Å²) >= 11 is 0. The fourth-order valence-corrected chi connectivity index (χ4v) is 2.81. The Morgan fingerprint density at radius 1 is 1.48 bits per heavy atom. The second-order valence-corrected chi connectivity index (χ2v) is 5.85. The van der Waals surface area contributed by atoms with E-state index in [9.17, 15) is 9.50 Å². The molecule has 2 unspecified atom stereocenters. The lowest BCUT2D eigenvalue weighted by atomic mass is 10.1. The Labute approximate surface area is 125 Å². The van der Waals surface area contributed by atoms with E-state index >= 15 is 0 Å². The number of nitriles is 1. The summed E-state index contributed by atoms with van der Waals surface area (Å²) in [6, 6.07) is 6.94. The number of hydrogen-bond acceptors (Lipinski definition) is 4. The molecule has 1 aromatic rings. The number of β-amino-alcohol motifs (C(OH)–C–C–N with tert-alkyl or cyclic N) is 1. The Hall–Kier alpha value is -1.48. The summed E-state index contributed by atoms with van der Waals surface area (Å²) in [5, 5.41) is 18.2. The van der Waals surface area contributed by atoms with E-state index in [1.165, 1.54) is 6.07 Å². The van der Waals surface area contributed by atoms with Gasteiger partial charge in [-0.05, 0) is 26.0 Å². The number of hydrogen-bond donors (Lipinski definition) is 1. The minimum Gasteiger partial charge on any atom is -0.392 e. The van der Waals surface area contributed by atoms with Gasteiger partial charge < -0.3 is 5.11 Å². The Morgan fingerprint density at radius 2 is 2.24 bits per heavy atom. The first-order chi connectivity index (χ1) is 9.99. The Bertz CT molecular complexity index is 527. The van der Waals surface area contributed by atoms with Crippen molar-refractivity contribution in [2.75, 3.05) is 26.2 Å². The molecule has 5 heteroatoms. The van der Waals surface area contributed by atoms with Crippen LogP contribution < -0.4 is 0 Å². The average molecular weight is 291 g/mol. The maximum atomic E-state index is 13.9. The molecular formula is C16H22FN3O. The van der Waals surface area contributed by atoms with Gasteiger partial charge in [0, 0.05) is 44.3 Å². The number of nitrogens with zero attached hydrogens (tertiary/aromatic N) is 3. The highest BCUT2D eigenvalue weighted by Crippen LogP contribution is 2.16. The molecule has 0 aliphatic carbocycles. The summed E-state index contributed by atoms with van der Waals surface area (Å²) in [5.74, 6) is -0.312. The number of aliphatic hydroxyl groups is 1. The molecule has 0 spiro atoms. The van der Waals surface area contributed by atoms with E-state index in [2.05, 4.69) is 16.7 Å². The van der Waals surface area contributed by atoms with Gasteiger partial charge in [-0.15, -0.1) is 0 Å². The molecule has 1 saturated heterocycles. The molecule has 114 valence electrons. The van der Waals surface area contributed by atoms with Crippen molar-refractivity contribution < 1.29 is 9.50 Å². The summed E-state index contributed by atoms with van der Waals surface area (Å²) in [5.41, 5.74) is 0.983. The van der Waals surface area contributed by atoms with Gasteiger partial charge in [-0.25, -0.2) is 4.39 Å². The first kappa shape index (κ1) is 15.9. The first-order valence-corrected chi connectivity index (χ1v) is 7.32. The van der Waals surface area contributed by atoms with Gasteiger partial charge in [0.1, 0.15) is 5.82 Å². The highest BCUT2D eigenvalue weighted by molar-refractivity contribution is 5.32. The molecule has 0 bridgehead atoms. The van der Waals surface area contributed by atoms with E-state index in [0.717, 1.165) is 19.6 Å². The van der Waals surface area contributed by atoms with Crippen LogP contribution in [0.15, 0.2) is 18.2 Å². The van der Waals surface area contributed by atoms with E-state index < -0.39 is 0 Å². The van der Waals surface area contributed by atoms with Crippen LogP contribution in [0.4, 0.5) is 4.39 Å². The molecule has 1 aromatic carbocycles. The van der Waals surface area contributed by atoms with Crippen molar-refractivity contribution >= 4 is 0 Å². The summed E-state index contributed by atoms with van der Waals surface area (Å²) in [4.78, 5) is 4.48. The molecule has 1 aliphatic heterocycles. The van der Waals surface area contributed by atoms with Crippen LogP contribution in [0.25, 0.3) is 0 Å². The second-order valence-electron chi connectivity index (χ2n) is 5.85. The van der Waals surface area contributed by atoms with Gasteiger partial charge in [-0.1, -0.05) is 6.07 Å². The minimum absolute atomic E-state index is 0.312. The predicted molar refractivity (Wildman–Crippen MR) is 79.1 cm³/mol. The highest BCUT2D eigenvalue weighted by atomic mass is 19.1. The van der Waals surface area contributed by atoms with Gasteiger partial charge in [0.2, 0.25) is 0 Å². The number of rotatable bonds is 4. The van der Waals surface area contributed by atoms with Gasteiger partial charge in [-0.2, -0.15) is 5.26 Å². The number of piperazine rings is 1. The zero-order valence-corrected chi connectivity index (χ0v) is 12.6. The molecule has 0 aromatic heterocycles. The Morgan fingerprint density at radius 3 is 2.81 bits per heavy atom. The molecule has 0 amide bonds. The van der Waals surface area contributed by atoms with Crippen molar-refractivity contribution in [1.29, 1.82) is 5.26 Å². The van der Waals surface area contributed by atoms with E-state index in [1.54, 1.807) is 19.1 Å². The van der Waals surface area contributed by atoms with E-state index in [-0.39, 0.29) is 11.9 Å². The fraction of sp³-hybridized carbons (Fsp3) is 0.562. The van der Waals surface area contributed by atoms with Gasteiger partial charge in [-0.3, -0.25) is 9.80 Å². The molecular weight excluding hydrogens is 269 g/mol. The van der Waals surface area contributed by atoms with Crippen LogP contribution in [0.5, 0.6) is 0 Å². The van der Waals surface area contributed by atoms with Gasteiger partial charge >= 0.3 is 0 Å². The maximum Gasteiger partial charge on any atom is 0.129 e. The zero-order valence-electron chi connectivity index (χ0n) is 12.6. The zero-order chi connectivity index (χ0) is 15.4. The van der Waals surface area contributed by atoms with Crippen LogP contribution in [0.2, 0.25) is 0 Å². The van der Waals surface area contributed by atoms with Crippen molar-refractivity contribution in [1.82, 2.24) is 9.80 Å². The number of aliphatic hydroxyl groups excluding tert-OH is 1. The summed E-state index contributed by atoms with van der Waals surface area (Å²) in [6.07, 6.45) is -0.324. The van der Waals surface area contributed by atoms with Crippen molar-refractivity contribution in [3.63, 3.8) is 0 Å². The summed E-state index contributed by atoms with van der Waals surface area (Å²) in [6.45, 7) is 7.76. The van der Waals surface area contributed by atoms with Gasteiger partial charge in [0.05, 0.1) is 17.7 Å². The quantitative estimate of drug-likeness (QED) is 0.915. The smallest absolute Gasteiger partial charge is 0.129 e. The highest BCUT2D eigenvalue weighted by Gasteiger charge is 2.24. The van der Waals surface area contributed by atoms with Crippen LogP contribution in [0.3, 0.4) is 0 Å². The van der Waals surface area contributed by atoms with Crippen LogP contribution in [-0.4, -0.2) is 53.2 Å². The lowest BCUT2D eigenvalue weighted by Gasteiger charge is -2.40. The van der Waals surface area contributed by atoms with Crippen LogP contribution in [0, 0.1) is 17.1 Å². The minimum atomic E-state index is -0.324. The first-order valence-electron chi connectivity index (χ1n) is 7.32. The lowest BCUT2D eigenvalue weighted by molar-refractivity contribution is 0.0419. The van der Waals surface area contributed by atoms with Crippen molar-refractivity contribution in [3.05, 3.63) is 35.1 Å². The topological polar surface area (TPSA) is 50.5 Å². The molecule has 1 heterocycles. The molecule has 2 atom stereocenters. The van der Waals surface area contributed by atoms with Crippen LogP contribution >= 0.6 is 0 Å². The Balaban J connectivity index is 1.95. The lowest BCUT2D eigenvalue weighted by Crippen LogP contribution is -2.53. The standard InChI is InChI=1S/C16H22FN3O/c1-12-9-19(5-6-20(12)10-13(2)21)11-15-4-3-14(8-18)7-16(15)17/h3-4,7,12-13,21H,5-6,9-11H2,1-2H3. The molecule has 0 saturated carbocycles. The molecule has 1 fully saturated rings. The molecule has 4 nitrogen and oxygen atoms in total. The number of benzene rings is 1. The summed E-state index contributed by atoms with van der Waals surface area (Å²) < 4.78 is 13.9. The predicted octanol–water partition coefficient (Wildman–Crippen LogP) is 1.58. The van der Waals surface area contributed by atoms with Crippen LogP contribution in [0.1, 0.15) is 25.0 Å². The van der Waals surface area contributed by atoms with Gasteiger partial charge in [0.25, 0.3) is 0 Å². The van der Waals surface area contributed by atoms with Crippen molar-refractivity contribution in [2.45, 2.75) is 32.5 Å². The Kier molecular flexibility index (Phi) is 5.29. The van der Waals surface area contributed by atoms with Crippen LogP contribution in [-0.2, 0) is 6.54 Å². The summed E-state index contributed by atoms with van der Waals surface area (Å²) in [7, 11) is 0. The number of halogens is 1. The largest absolute Gasteiger partial charge is 0.392 e. The third-order valence-corrected chi connectivity index (χ3v) is 3.92. The third-order valence-electron chi connectivity index (χ3n) is 3.92. The van der Waals surface area contributed by atoms with Crippen molar-refractivity contribution in [2.24, 2.45) is 0 Å². The SMILES string of the molecule is CC(O)CN1CCN(Cc2ccc(C#N)cc2F)CC1C. The maximum absolute atomic E-state index is 13.9. The second kappa shape index (κ2) is 6.99. The normalized spacial score (nSPS) is 22.0. The fourth-order valence-electron chi connectivity index (χ4n) is 2.81. The molecule has 2 rings (SSSR count). The van der Waals surface area contributed by atoms with E-state index in [0.29, 0.717) is 30.3 Å². The van der Waals surface area contributed by atoms with Crippen molar-refractivity contribution in [3.8, 4) is 6.07 Å². The van der Waals surface area contributed by atoms with Gasteiger partial charge in [0.15, 0.2) is 0 Å². The third kappa shape index (κ3) is 4.24. The molecule has 0 radical (unpaired) electrons. The molecule has 21 heavy (non-hydrogen) atoms.